The maximum atomic E-state index is 12.7. The fraction of sp³-hybridized carbons (Fsp3) is 0.650. The maximum Gasteiger partial charge on any atom is 0.222 e. The Kier molecular flexibility index (Phi) is 5.26. The number of hydrogen-bond donors (Lipinski definition) is 0. The number of rotatable bonds is 4. The van der Waals surface area contributed by atoms with Gasteiger partial charge in [0.05, 0.1) is 10.0 Å². The van der Waals surface area contributed by atoms with Crippen LogP contribution in [0.1, 0.15) is 37.7 Å². The van der Waals surface area contributed by atoms with Crippen molar-refractivity contribution < 1.29 is 4.79 Å². The van der Waals surface area contributed by atoms with Crippen LogP contribution in [0.15, 0.2) is 18.2 Å². The molecule has 3 aliphatic rings. The largest absolute Gasteiger partial charge is 0.340 e. The van der Waals surface area contributed by atoms with E-state index in [1.165, 1.54) is 31.2 Å². The lowest BCUT2D eigenvalue weighted by Crippen LogP contribution is -2.48. The van der Waals surface area contributed by atoms with Crippen molar-refractivity contribution >= 4 is 29.1 Å². The van der Waals surface area contributed by atoms with E-state index in [0.717, 1.165) is 51.0 Å². The highest BCUT2D eigenvalue weighted by Crippen LogP contribution is 2.49. The van der Waals surface area contributed by atoms with Gasteiger partial charge in [-0.05, 0) is 54.7 Å². The Morgan fingerprint density at radius 3 is 2.48 bits per heavy atom. The fourth-order valence-corrected chi connectivity index (χ4v) is 5.35. The Morgan fingerprint density at radius 1 is 1.04 bits per heavy atom. The van der Waals surface area contributed by atoms with Crippen molar-refractivity contribution in [3.8, 4) is 0 Å². The van der Waals surface area contributed by atoms with E-state index < -0.39 is 0 Å². The van der Waals surface area contributed by atoms with Crippen LogP contribution < -0.4 is 0 Å². The van der Waals surface area contributed by atoms with E-state index in [-0.39, 0.29) is 0 Å². The van der Waals surface area contributed by atoms with Crippen LogP contribution in [0.4, 0.5) is 0 Å². The van der Waals surface area contributed by atoms with Crippen molar-refractivity contribution in [3.05, 3.63) is 33.8 Å². The molecule has 0 N–H and O–H groups in total. The summed E-state index contributed by atoms with van der Waals surface area (Å²) in [5.74, 6) is 2.81. The van der Waals surface area contributed by atoms with Gasteiger partial charge in [-0.15, -0.1) is 0 Å². The smallest absolute Gasteiger partial charge is 0.222 e. The predicted octanol–water partition coefficient (Wildman–Crippen LogP) is 4.46. The third-order valence-electron chi connectivity index (χ3n) is 6.44. The summed E-state index contributed by atoms with van der Waals surface area (Å²) < 4.78 is 0. The first-order valence-electron chi connectivity index (χ1n) is 9.52. The van der Waals surface area contributed by atoms with Crippen molar-refractivity contribution in [2.24, 2.45) is 17.8 Å². The summed E-state index contributed by atoms with van der Waals surface area (Å²) >= 11 is 12.1. The summed E-state index contributed by atoms with van der Waals surface area (Å²) in [5.41, 5.74) is 1.18. The average molecular weight is 381 g/mol. The molecule has 1 aliphatic heterocycles. The maximum absolute atomic E-state index is 12.7. The molecule has 2 bridgehead atoms. The number of carbonyl (C=O) groups is 1. The van der Waals surface area contributed by atoms with Gasteiger partial charge in [0.2, 0.25) is 5.91 Å². The van der Waals surface area contributed by atoms with Gasteiger partial charge in [-0.2, -0.15) is 0 Å². The highest BCUT2D eigenvalue weighted by Gasteiger charge is 2.40. The number of halogens is 2. The number of benzene rings is 1. The summed E-state index contributed by atoms with van der Waals surface area (Å²) in [6, 6.07) is 5.83. The van der Waals surface area contributed by atoms with Crippen LogP contribution in [0.3, 0.4) is 0 Å². The van der Waals surface area contributed by atoms with Gasteiger partial charge >= 0.3 is 0 Å². The zero-order valence-electron chi connectivity index (χ0n) is 14.6. The van der Waals surface area contributed by atoms with Gasteiger partial charge in [0.25, 0.3) is 0 Å². The van der Waals surface area contributed by atoms with Crippen molar-refractivity contribution in [3.63, 3.8) is 0 Å². The highest BCUT2D eigenvalue weighted by molar-refractivity contribution is 6.42. The normalized spacial score (nSPS) is 29.4. The number of fused-ring (bicyclic) bond motifs is 2. The Labute approximate surface area is 160 Å². The van der Waals surface area contributed by atoms with Gasteiger partial charge < -0.3 is 4.90 Å². The zero-order valence-corrected chi connectivity index (χ0v) is 16.1. The fourth-order valence-electron chi connectivity index (χ4n) is 5.03. The molecule has 1 amide bonds. The summed E-state index contributed by atoms with van der Waals surface area (Å²) in [7, 11) is 0. The second kappa shape index (κ2) is 7.46. The van der Waals surface area contributed by atoms with Gasteiger partial charge in [0.15, 0.2) is 0 Å². The van der Waals surface area contributed by atoms with E-state index in [1.54, 1.807) is 0 Å². The molecule has 3 nitrogen and oxygen atoms in total. The van der Waals surface area contributed by atoms with Crippen molar-refractivity contribution in [1.82, 2.24) is 9.80 Å². The van der Waals surface area contributed by atoms with Crippen molar-refractivity contribution in [2.75, 3.05) is 26.2 Å². The molecule has 5 heteroatoms. The van der Waals surface area contributed by atoms with E-state index in [2.05, 4.69) is 9.80 Å². The number of carbonyl (C=O) groups excluding carboxylic acids is 1. The van der Waals surface area contributed by atoms with Gasteiger partial charge in [-0.1, -0.05) is 35.7 Å². The third kappa shape index (κ3) is 3.99. The predicted molar refractivity (Wildman–Crippen MR) is 102 cm³/mol. The van der Waals surface area contributed by atoms with Crippen LogP contribution in [-0.2, 0) is 11.3 Å². The minimum Gasteiger partial charge on any atom is -0.340 e. The Balaban J connectivity index is 1.25. The molecule has 136 valence electrons. The first-order chi connectivity index (χ1) is 12.1. The third-order valence-corrected chi connectivity index (χ3v) is 7.18. The van der Waals surface area contributed by atoms with E-state index in [0.29, 0.717) is 21.9 Å². The lowest BCUT2D eigenvalue weighted by atomic mass is 9.86. The zero-order chi connectivity index (χ0) is 17.4. The molecule has 3 fully saturated rings. The molecule has 25 heavy (non-hydrogen) atoms. The average Bonchev–Trinajstić information content (AvgIpc) is 3.22. The molecule has 1 aromatic rings. The number of piperazine rings is 1. The van der Waals surface area contributed by atoms with E-state index >= 15 is 0 Å². The lowest BCUT2D eigenvalue weighted by Gasteiger charge is -2.35. The molecular formula is C20H26Cl2N2O. The molecule has 2 aliphatic carbocycles. The molecular weight excluding hydrogens is 355 g/mol. The van der Waals surface area contributed by atoms with Crippen LogP contribution in [-0.4, -0.2) is 41.9 Å². The van der Waals surface area contributed by atoms with Crippen LogP contribution in [0.2, 0.25) is 10.0 Å². The van der Waals surface area contributed by atoms with Gasteiger partial charge in [-0.25, -0.2) is 0 Å². The summed E-state index contributed by atoms with van der Waals surface area (Å²) in [5, 5.41) is 1.21. The van der Waals surface area contributed by atoms with Crippen LogP contribution in [0, 0.1) is 17.8 Å². The SMILES string of the molecule is O=C(CC1CC2CCC1C2)N1CCN(Cc2ccc(Cl)c(Cl)c2)CC1. The molecule has 0 spiro atoms. The van der Waals surface area contributed by atoms with E-state index in [4.69, 9.17) is 23.2 Å². The molecule has 4 rings (SSSR count). The molecule has 0 aromatic heterocycles. The minimum atomic E-state index is 0.381. The number of amides is 1. The topological polar surface area (TPSA) is 23.6 Å². The molecule has 2 saturated carbocycles. The highest BCUT2D eigenvalue weighted by atomic mass is 35.5. The van der Waals surface area contributed by atoms with E-state index in [9.17, 15) is 4.79 Å². The Hall–Kier alpha value is -0.770. The van der Waals surface area contributed by atoms with Gasteiger partial charge in [0.1, 0.15) is 0 Å². The molecule has 1 aromatic carbocycles. The Bertz CT molecular complexity index is 643. The number of hydrogen-bond acceptors (Lipinski definition) is 2. The van der Waals surface area contributed by atoms with Crippen LogP contribution >= 0.6 is 23.2 Å². The molecule has 0 radical (unpaired) electrons. The van der Waals surface area contributed by atoms with Crippen molar-refractivity contribution in [2.45, 2.75) is 38.6 Å². The molecule has 1 heterocycles. The molecule has 3 atom stereocenters. The monoisotopic (exact) mass is 380 g/mol. The van der Waals surface area contributed by atoms with Crippen LogP contribution in [0.5, 0.6) is 0 Å². The summed E-state index contributed by atoms with van der Waals surface area (Å²) in [6.07, 6.45) is 6.24. The van der Waals surface area contributed by atoms with Gasteiger partial charge in [0, 0.05) is 39.1 Å². The summed E-state index contributed by atoms with van der Waals surface area (Å²) in [4.78, 5) is 17.1. The number of nitrogens with zero attached hydrogens (tertiary/aromatic N) is 2. The second-order valence-electron chi connectivity index (χ2n) is 8.04. The minimum absolute atomic E-state index is 0.381. The van der Waals surface area contributed by atoms with E-state index in [1.807, 2.05) is 18.2 Å². The standard InChI is InChI=1S/C20H26Cl2N2O/c21-18-4-2-15(11-19(18)22)13-23-5-7-24(8-6-23)20(25)12-17-10-14-1-3-16(17)9-14/h2,4,11,14,16-17H,1,3,5-10,12-13H2. The Morgan fingerprint density at radius 2 is 1.84 bits per heavy atom. The molecule has 1 saturated heterocycles. The summed E-state index contributed by atoms with van der Waals surface area (Å²) in [6.45, 7) is 4.43. The van der Waals surface area contributed by atoms with Crippen LogP contribution in [0.25, 0.3) is 0 Å². The molecule has 3 unspecified atom stereocenters. The first-order valence-corrected chi connectivity index (χ1v) is 10.3. The second-order valence-corrected chi connectivity index (χ2v) is 8.86. The van der Waals surface area contributed by atoms with Crippen molar-refractivity contribution in [1.29, 1.82) is 0 Å². The quantitative estimate of drug-likeness (QED) is 0.769. The lowest BCUT2D eigenvalue weighted by molar-refractivity contribution is -0.134. The van der Waals surface area contributed by atoms with Gasteiger partial charge in [-0.3, -0.25) is 9.69 Å². The first kappa shape index (κ1) is 17.6.